The number of imide groups is 1. The average molecular weight is 667 g/mol. The molecule has 2 atom stereocenters. The zero-order valence-electron chi connectivity index (χ0n) is 25.9. The number of halogens is 1. The molecule has 2 bridgehead atoms. The van der Waals surface area contributed by atoms with Gasteiger partial charge in [-0.3, -0.25) is 19.2 Å². The molecule has 8 nitrogen and oxygen atoms in total. The van der Waals surface area contributed by atoms with Gasteiger partial charge in [0.1, 0.15) is 12.3 Å². The number of hydrazine groups is 1. The summed E-state index contributed by atoms with van der Waals surface area (Å²) in [4.78, 5) is 69.5. The molecule has 4 aliphatic rings. The highest BCUT2D eigenvalue weighted by molar-refractivity contribution is 6.30. The summed E-state index contributed by atoms with van der Waals surface area (Å²) >= 11 is 6.09. The van der Waals surface area contributed by atoms with Gasteiger partial charge in [-0.05, 0) is 82.9 Å². The molecule has 1 heterocycles. The lowest BCUT2D eigenvalue weighted by Gasteiger charge is -2.45. The average Bonchev–Trinajstić information content (AvgIpc) is 3.40. The molecule has 240 valence electrons. The second-order valence-corrected chi connectivity index (χ2v) is 12.8. The highest BCUT2D eigenvalue weighted by Crippen LogP contribution is 2.61. The zero-order chi connectivity index (χ0) is 33.8. The molecule has 0 unspecified atom stereocenters. The molecule has 1 fully saturated rings. The third-order valence-electron chi connectivity index (χ3n) is 9.68. The van der Waals surface area contributed by atoms with Crippen molar-refractivity contribution in [1.29, 1.82) is 0 Å². The lowest BCUT2D eigenvalue weighted by Crippen LogP contribution is -2.52. The van der Waals surface area contributed by atoms with Crippen LogP contribution < -0.4 is 4.74 Å². The van der Waals surface area contributed by atoms with E-state index < -0.39 is 47.9 Å². The maximum atomic E-state index is 14.5. The Labute approximate surface area is 286 Å². The van der Waals surface area contributed by atoms with Crippen LogP contribution in [0.3, 0.4) is 0 Å². The van der Waals surface area contributed by atoms with Crippen molar-refractivity contribution in [1.82, 2.24) is 10.0 Å². The molecule has 9 heteroatoms. The summed E-state index contributed by atoms with van der Waals surface area (Å²) in [6.07, 6.45) is 0. The van der Waals surface area contributed by atoms with Crippen LogP contribution >= 0.6 is 11.6 Å². The van der Waals surface area contributed by atoms with Crippen molar-refractivity contribution in [2.45, 2.75) is 11.8 Å². The van der Waals surface area contributed by atoms with Gasteiger partial charge in [0.05, 0.1) is 17.4 Å². The number of Topliss-reactive ketones (excluding diaryl/α,β-unsaturated/α-hetero) is 1. The maximum absolute atomic E-state index is 14.5. The molecule has 0 saturated carbocycles. The summed E-state index contributed by atoms with van der Waals surface area (Å²) in [5.41, 5.74) is 4.71. The van der Waals surface area contributed by atoms with E-state index in [-0.39, 0.29) is 28.7 Å². The van der Waals surface area contributed by atoms with E-state index >= 15 is 0 Å². The van der Waals surface area contributed by atoms with Crippen LogP contribution in [0.25, 0.3) is 0 Å². The lowest BCUT2D eigenvalue weighted by atomic mass is 9.55. The second kappa shape index (κ2) is 12.0. The zero-order valence-corrected chi connectivity index (χ0v) is 26.6. The summed E-state index contributed by atoms with van der Waals surface area (Å²) in [6, 6.07) is 36.2. The number of nitrogens with zero attached hydrogens (tertiary/aromatic N) is 2. The second-order valence-electron chi connectivity index (χ2n) is 12.3. The number of benzene rings is 5. The van der Waals surface area contributed by atoms with E-state index in [9.17, 15) is 24.0 Å². The van der Waals surface area contributed by atoms with Crippen molar-refractivity contribution in [2.24, 2.45) is 11.8 Å². The van der Waals surface area contributed by atoms with Gasteiger partial charge < -0.3 is 4.74 Å². The van der Waals surface area contributed by atoms with Gasteiger partial charge in [0, 0.05) is 28.0 Å². The van der Waals surface area contributed by atoms with E-state index in [0.29, 0.717) is 10.6 Å². The highest BCUT2D eigenvalue weighted by Gasteiger charge is 2.63. The highest BCUT2D eigenvalue weighted by atomic mass is 35.5. The number of hydrogen-bond donors (Lipinski definition) is 0. The Morgan fingerprint density at radius 1 is 0.592 bits per heavy atom. The molecule has 0 aromatic heterocycles. The minimum absolute atomic E-state index is 0.158. The van der Waals surface area contributed by atoms with E-state index in [1.165, 1.54) is 48.5 Å². The largest absolute Gasteiger partial charge is 0.423 e. The SMILES string of the molecule is O=C(CN(C(=O)c1ccc(Cl)cc1)N1C(=O)[C@@H]2C3c4ccccc4C(c4ccccc43)[C@H]2C1=O)c1ccc(OC(=O)c2ccccc2)cc1. The number of ketones is 1. The molecule has 0 N–H and O–H groups in total. The van der Waals surface area contributed by atoms with Gasteiger partial charge in [-0.2, -0.15) is 5.01 Å². The van der Waals surface area contributed by atoms with Crippen LogP contribution in [-0.4, -0.2) is 46.0 Å². The van der Waals surface area contributed by atoms with Crippen molar-refractivity contribution in [3.63, 3.8) is 0 Å². The first-order chi connectivity index (χ1) is 23.8. The van der Waals surface area contributed by atoms with Crippen LogP contribution in [0.4, 0.5) is 0 Å². The number of amides is 3. The number of carbonyl (C=O) groups is 5. The van der Waals surface area contributed by atoms with Gasteiger partial charge in [-0.15, -0.1) is 0 Å². The number of hydrogen-bond acceptors (Lipinski definition) is 6. The maximum Gasteiger partial charge on any atom is 0.343 e. The lowest BCUT2D eigenvalue weighted by molar-refractivity contribution is -0.154. The van der Waals surface area contributed by atoms with Crippen LogP contribution in [0.2, 0.25) is 5.02 Å². The first-order valence-corrected chi connectivity index (χ1v) is 16.2. The van der Waals surface area contributed by atoms with E-state index in [2.05, 4.69) is 0 Å². The Morgan fingerprint density at radius 2 is 1.06 bits per heavy atom. The molecule has 0 spiro atoms. The Balaban J connectivity index is 1.12. The third-order valence-corrected chi connectivity index (χ3v) is 9.93. The van der Waals surface area contributed by atoms with Gasteiger partial charge in [0.2, 0.25) is 0 Å². The Morgan fingerprint density at radius 3 is 1.57 bits per heavy atom. The number of esters is 1. The normalized spacial score (nSPS) is 19.9. The predicted molar refractivity (Wildman–Crippen MR) is 180 cm³/mol. The summed E-state index contributed by atoms with van der Waals surface area (Å²) in [6.45, 7) is -0.587. The van der Waals surface area contributed by atoms with Crippen LogP contribution in [-0.2, 0) is 9.59 Å². The predicted octanol–water partition coefficient (Wildman–Crippen LogP) is 6.69. The van der Waals surface area contributed by atoms with Crippen molar-refractivity contribution < 1.29 is 28.7 Å². The van der Waals surface area contributed by atoms with Crippen LogP contribution in [0.1, 0.15) is 65.2 Å². The number of ether oxygens (including phenoxy) is 1. The molecule has 3 aliphatic carbocycles. The van der Waals surface area contributed by atoms with Gasteiger partial charge >= 0.3 is 5.97 Å². The first-order valence-electron chi connectivity index (χ1n) is 15.8. The fraction of sp³-hybridized carbons (Fsp3) is 0.125. The van der Waals surface area contributed by atoms with Crippen molar-refractivity contribution in [2.75, 3.05) is 6.54 Å². The quantitative estimate of drug-likeness (QED) is 0.0830. The van der Waals surface area contributed by atoms with Gasteiger partial charge in [-0.25, -0.2) is 9.80 Å². The van der Waals surface area contributed by atoms with Crippen molar-refractivity contribution >= 4 is 41.1 Å². The van der Waals surface area contributed by atoms with Crippen molar-refractivity contribution in [3.8, 4) is 5.75 Å². The van der Waals surface area contributed by atoms with Gasteiger partial charge in [0.25, 0.3) is 17.7 Å². The summed E-state index contributed by atoms with van der Waals surface area (Å²) < 4.78 is 5.44. The Hall–Kier alpha value is -5.86. The van der Waals surface area contributed by atoms with Crippen LogP contribution in [0, 0.1) is 11.8 Å². The molecule has 5 aromatic rings. The molecule has 3 amide bonds. The topological polar surface area (TPSA) is 101 Å². The molecule has 9 rings (SSSR count). The molecule has 1 aliphatic heterocycles. The van der Waals surface area contributed by atoms with Gasteiger partial charge in [-0.1, -0.05) is 78.3 Å². The van der Waals surface area contributed by atoms with E-state index in [1.807, 2.05) is 48.5 Å². The molecule has 0 radical (unpaired) electrons. The molecule has 5 aromatic carbocycles. The van der Waals surface area contributed by atoms with Gasteiger partial charge in [0.15, 0.2) is 5.78 Å². The standard InChI is InChI=1S/C40H27ClN2O6/c41-26-18-14-24(15-19-26)37(45)42(22-32(44)23-16-20-27(21-17-23)49-40(48)25-8-2-1-3-9-25)43-38(46)35-33-28-10-4-5-11-29(28)34(36(35)39(43)47)31-13-7-6-12-30(31)33/h1-21,33-36H,22H2/t33?,34?,35-,36-/m1/s1. The van der Waals surface area contributed by atoms with E-state index in [1.54, 1.807) is 30.3 Å². The minimum atomic E-state index is -0.739. The van der Waals surface area contributed by atoms with E-state index in [4.69, 9.17) is 16.3 Å². The molecule has 49 heavy (non-hydrogen) atoms. The smallest absolute Gasteiger partial charge is 0.343 e. The number of rotatable bonds is 7. The minimum Gasteiger partial charge on any atom is -0.423 e. The third kappa shape index (κ3) is 5.03. The summed E-state index contributed by atoms with van der Waals surface area (Å²) in [7, 11) is 0. The first kappa shape index (κ1) is 30.5. The Kier molecular flexibility index (Phi) is 7.45. The summed E-state index contributed by atoms with van der Waals surface area (Å²) in [5, 5.41) is 2.27. The fourth-order valence-corrected chi connectivity index (χ4v) is 7.68. The summed E-state index contributed by atoms with van der Waals surface area (Å²) in [5.74, 6) is -4.81. The van der Waals surface area contributed by atoms with Crippen molar-refractivity contribution in [3.05, 3.63) is 171 Å². The molecular formula is C40H27ClN2O6. The monoisotopic (exact) mass is 666 g/mol. The Bertz CT molecular complexity index is 2050. The van der Waals surface area contributed by atoms with E-state index in [0.717, 1.165) is 32.3 Å². The molecule has 1 saturated heterocycles. The number of carbonyl (C=O) groups excluding carboxylic acids is 5. The fourth-order valence-electron chi connectivity index (χ4n) is 7.55. The van der Waals surface area contributed by atoms with Crippen LogP contribution in [0.5, 0.6) is 5.75 Å². The molecular weight excluding hydrogens is 640 g/mol. The van der Waals surface area contributed by atoms with Crippen LogP contribution in [0.15, 0.2) is 127 Å².